The SMILES string of the molecule is COCC1CCN(S(=O)(=O)c2ccc(C)c(Cl)c2)CC1. The van der Waals surface area contributed by atoms with Crippen molar-refractivity contribution < 1.29 is 13.2 Å². The Kier molecular flexibility index (Phi) is 5.07. The average molecular weight is 318 g/mol. The van der Waals surface area contributed by atoms with Crippen molar-refractivity contribution in [1.29, 1.82) is 0 Å². The summed E-state index contributed by atoms with van der Waals surface area (Å²) < 4.78 is 31.8. The molecule has 0 atom stereocenters. The lowest BCUT2D eigenvalue weighted by molar-refractivity contribution is 0.121. The van der Waals surface area contributed by atoms with E-state index in [1.807, 2.05) is 6.92 Å². The maximum atomic E-state index is 12.6. The molecular formula is C14H20ClNO3S. The molecule has 1 aliphatic rings. The highest BCUT2D eigenvalue weighted by Crippen LogP contribution is 2.26. The van der Waals surface area contributed by atoms with Crippen LogP contribution in [-0.4, -0.2) is 39.5 Å². The lowest BCUT2D eigenvalue weighted by atomic mass is 9.99. The first-order valence-corrected chi connectivity index (χ1v) is 8.52. The van der Waals surface area contributed by atoms with Gasteiger partial charge in [0, 0.05) is 31.8 Å². The Morgan fingerprint density at radius 2 is 2.00 bits per heavy atom. The summed E-state index contributed by atoms with van der Waals surface area (Å²) in [4.78, 5) is 0.276. The van der Waals surface area contributed by atoms with Crippen LogP contribution in [0.1, 0.15) is 18.4 Å². The molecule has 6 heteroatoms. The number of ether oxygens (including phenoxy) is 1. The number of rotatable bonds is 4. The summed E-state index contributed by atoms with van der Waals surface area (Å²) >= 11 is 6.02. The first kappa shape index (κ1) is 15.8. The first-order valence-electron chi connectivity index (χ1n) is 6.70. The van der Waals surface area contributed by atoms with E-state index in [1.165, 1.54) is 6.07 Å². The second-order valence-electron chi connectivity index (χ2n) is 5.21. The predicted octanol–water partition coefficient (Wildman–Crippen LogP) is 2.70. The van der Waals surface area contributed by atoms with Crippen LogP contribution in [0.2, 0.25) is 5.02 Å². The molecule has 20 heavy (non-hydrogen) atoms. The van der Waals surface area contributed by atoms with Gasteiger partial charge in [-0.05, 0) is 43.4 Å². The molecule has 0 aliphatic carbocycles. The van der Waals surface area contributed by atoms with Gasteiger partial charge < -0.3 is 4.74 Å². The van der Waals surface area contributed by atoms with Crippen molar-refractivity contribution in [2.75, 3.05) is 26.8 Å². The Bertz CT molecular complexity index is 566. The zero-order valence-corrected chi connectivity index (χ0v) is 13.4. The summed E-state index contributed by atoms with van der Waals surface area (Å²) in [5.41, 5.74) is 0.879. The highest BCUT2D eigenvalue weighted by atomic mass is 35.5. The molecule has 0 bridgehead atoms. The van der Waals surface area contributed by atoms with E-state index in [0.717, 1.165) is 18.4 Å². The quantitative estimate of drug-likeness (QED) is 0.857. The van der Waals surface area contributed by atoms with E-state index in [9.17, 15) is 8.42 Å². The lowest BCUT2D eigenvalue weighted by Crippen LogP contribution is -2.39. The molecule has 2 rings (SSSR count). The summed E-state index contributed by atoms with van der Waals surface area (Å²) in [5.74, 6) is 0.452. The maximum absolute atomic E-state index is 12.6. The Morgan fingerprint density at radius 3 is 2.55 bits per heavy atom. The Hall–Kier alpha value is -0.620. The van der Waals surface area contributed by atoms with Gasteiger partial charge in [0.2, 0.25) is 10.0 Å². The number of piperidine rings is 1. The van der Waals surface area contributed by atoms with Crippen molar-refractivity contribution in [2.24, 2.45) is 5.92 Å². The molecule has 0 spiro atoms. The number of hydrogen-bond donors (Lipinski definition) is 0. The molecule has 0 N–H and O–H groups in total. The van der Waals surface area contributed by atoms with Crippen LogP contribution in [0.25, 0.3) is 0 Å². The molecule has 112 valence electrons. The zero-order chi connectivity index (χ0) is 14.8. The molecule has 1 aromatic carbocycles. The molecule has 1 saturated heterocycles. The van der Waals surface area contributed by atoms with Gasteiger partial charge in [-0.3, -0.25) is 0 Å². The monoisotopic (exact) mass is 317 g/mol. The van der Waals surface area contributed by atoms with Gasteiger partial charge in [0.25, 0.3) is 0 Å². The summed E-state index contributed by atoms with van der Waals surface area (Å²) in [6.45, 7) is 3.64. The normalized spacial score (nSPS) is 18.4. The van der Waals surface area contributed by atoms with Crippen LogP contribution in [0.15, 0.2) is 23.1 Å². The number of methoxy groups -OCH3 is 1. The summed E-state index contributed by atoms with van der Waals surface area (Å²) in [5, 5.41) is 0.486. The van der Waals surface area contributed by atoms with Crippen LogP contribution in [0, 0.1) is 12.8 Å². The van der Waals surface area contributed by atoms with Gasteiger partial charge in [-0.2, -0.15) is 4.31 Å². The lowest BCUT2D eigenvalue weighted by Gasteiger charge is -2.30. The van der Waals surface area contributed by atoms with Crippen LogP contribution in [0.5, 0.6) is 0 Å². The van der Waals surface area contributed by atoms with Crippen LogP contribution in [-0.2, 0) is 14.8 Å². The van der Waals surface area contributed by atoms with Gasteiger partial charge in [-0.15, -0.1) is 0 Å². The Morgan fingerprint density at radius 1 is 1.35 bits per heavy atom. The van der Waals surface area contributed by atoms with Crippen LogP contribution in [0.3, 0.4) is 0 Å². The third-order valence-electron chi connectivity index (χ3n) is 3.76. The number of halogens is 1. The maximum Gasteiger partial charge on any atom is 0.243 e. The molecule has 1 aliphatic heterocycles. The number of nitrogens with zero attached hydrogens (tertiary/aromatic N) is 1. The smallest absolute Gasteiger partial charge is 0.243 e. The highest BCUT2D eigenvalue weighted by Gasteiger charge is 2.29. The fourth-order valence-corrected chi connectivity index (χ4v) is 4.18. The minimum atomic E-state index is -3.43. The standard InChI is InChI=1S/C14H20ClNO3S/c1-11-3-4-13(9-14(11)15)20(17,18)16-7-5-12(6-8-16)10-19-2/h3-4,9,12H,5-8,10H2,1-2H3. The molecule has 1 heterocycles. The predicted molar refractivity (Wildman–Crippen MR) is 79.5 cm³/mol. The van der Waals surface area contributed by atoms with E-state index < -0.39 is 10.0 Å². The van der Waals surface area contributed by atoms with E-state index in [2.05, 4.69) is 0 Å². The summed E-state index contributed by atoms with van der Waals surface area (Å²) in [6.07, 6.45) is 1.68. The molecule has 4 nitrogen and oxygen atoms in total. The number of sulfonamides is 1. The topological polar surface area (TPSA) is 46.6 Å². The third kappa shape index (κ3) is 3.34. The molecule has 0 aromatic heterocycles. The minimum absolute atomic E-state index is 0.276. The molecule has 1 aromatic rings. The minimum Gasteiger partial charge on any atom is -0.384 e. The Balaban J connectivity index is 2.13. The van der Waals surface area contributed by atoms with Gasteiger partial charge in [0.05, 0.1) is 4.90 Å². The van der Waals surface area contributed by atoms with Gasteiger partial charge in [-0.25, -0.2) is 8.42 Å². The van der Waals surface area contributed by atoms with E-state index >= 15 is 0 Å². The van der Waals surface area contributed by atoms with E-state index in [-0.39, 0.29) is 4.90 Å². The number of benzene rings is 1. The van der Waals surface area contributed by atoms with Crippen molar-refractivity contribution in [3.63, 3.8) is 0 Å². The molecular weight excluding hydrogens is 298 g/mol. The van der Waals surface area contributed by atoms with Gasteiger partial charge in [-0.1, -0.05) is 17.7 Å². The second kappa shape index (κ2) is 6.43. The molecule has 0 unspecified atom stereocenters. The summed E-state index contributed by atoms with van der Waals surface area (Å²) in [6, 6.07) is 4.90. The van der Waals surface area contributed by atoms with Crippen molar-refractivity contribution in [1.82, 2.24) is 4.31 Å². The van der Waals surface area contributed by atoms with Crippen LogP contribution in [0.4, 0.5) is 0 Å². The molecule has 0 amide bonds. The van der Waals surface area contributed by atoms with Crippen molar-refractivity contribution in [3.8, 4) is 0 Å². The van der Waals surface area contributed by atoms with Crippen LogP contribution >= 0.6 is 11.6 Å². The van der Waals surface area contributed by atoms with Gasteiger partial charge in [0.1, 0.15) is 0 Å². The average Bonchev–Trinajstić information content (AvgIpc) is 2.43. The fourth-order valence-electron chi connectivity index (χ4n) is 2.44. The van der Waals surface area contributed by atoms with Crippen LogP contribution < -0.4 is 0 Å². The van der Waals surface area contributed by atoms with Gasteiger partial charge >= 0.3 is 0 Å². The molecule has 1 fully saturated rings. The fraction of sp³-hybridized carbons (Fsp3) is 0.571. The molecule has 0 saturated carbocycles. The largest absolute Gasteiger partial charge is 0.384 e. The van der Waals surface area contributed by atoms with E-state index in [0.29, 0.717) is 30.6 Å². The molecule has 0 radical (unpaired) electrons. The second-order valence-corrected chi connectivity index (χ2v) is 7.56. The number of hydrogen-bond acceptors (Lipinski definition) is 3. The summed E-state index contributed by atoms with van der Waals surface area (Å²) in [7, 11) is -1.75. The highest BCUT2D eigenvalue weighted by molar-refractivity contribution is 7.89. The van der Waals surface area contributed by atoms with E-state index in [4.69, 9.17) is 16.3 Å². The van der Waals surface area contributed by atoms with Crippen molar-refractivity contribution in [3.05, 3.63) is 28.8 Å². The zero-order valence-electron chi connectivity index (χ0n) is 11.8. The van der Waals surface area contributed by atoms with E-state index in [1.54, 1.807) is 23.5 Å². The first-order chi connectivity index (χ1) is 9.45. The Labute approximate surface area is 125 Å². The van der Waals surface area contributed by atoms with Crippen molar-refractivity contribution >= 4 is 21.6 Å². The third-order valence-corrected chi connectivity index (χ3v) is 6.06. The van der Waals surface area contributed by atoms with Crippen molar-refractivity contribution in [2.45, 2.75) is 24.7 Å². The van der Waals surface area contributed by atoms with Gasteiger partial charge in [0.15, 0.2) is 0 Å². The number of aryl methyl sites for hydroxylation is 1.